The molecule has 0 atom stereocenters. The Balaban J connectivity index is 2.17. The van der Waals surface area contributed by atoms with Crippen LogP contribution < -0.4 is 4.74 Å². The molecule has 2 rings (SSSR count). The standard InChI is InChI=1S/C13H10ClFO3S/c1-7-8(5-11(19-7)13(16)17)6-18-12-9(14)3-2-4-10(12)15/h2-5H,6H2,1H3,(H,16,17). The topological polar surface area (TPSA) is 46.5 Å². The molecule has 100 valence electrons. The van der Waals surface area contributed by atoms with Gasteiger partial charge in [-0.25, -0.2) is 9.18 Å². The second-order valence-corrected chi connectivity index (χ2v) is 5.50. The van der Waals surface area contributed by atoms with Gasteiger partial charge in [0.05, 0.1) is 5.02 Å². The number of carboxylic acid groups (broad SMARTS) is 1. The molecule has 1 N–H and O–H groups in total. The van der Waals surface area contributed by atoms with Crippen molar-refractivity contribution in [2.45, 2.75) is 13.5 Å². The summed E-state index contributed by atoms with van der Waals surface area (Å²) in [5.74, 6) is -1.55. The van der Waals surface area contributed by atoms with Crippen molar-refractivity contribution in [3.63, 3.8) is 0 Å². The van der Waals surface area contributed by atoms with E-state index < -0.39 is 11.8 Å². The molecule has 0 aliphatic rings. The third kappa shape index (κ3) is 3.05. The van der Waals surface area contributed by atoms with Crippen molar-refractivity contribution in [1.29, 1.82) is 0 Å². The number of hydrogen-bond acceptors (Lipinski definition) is 3. The van der Waals surface area contributed by atoms with Gasteiger partial charge < -0.3 is 9.84 Å². The summed E-state index contributed by atoms with van der Waals surface area (Å²) in [5, 5.41) is 9.07. The van der Waals surface area contributed by atoms with Crippen LogP contribution >= 0.6 is 22.9 Å². The van der Waals surface area contributed by atoms with Crippen LogP contribution in [0.5, 0.6) is 5.75 Å². The first-order chi connectivity index (χ1) is 8.99. The Hall–Kier alpha value is -1.59. The molecule has 3 nitrogen and oxygen atoms in total. The van der Waals surface area contributed by atoms with Crippen LogP contribution in [0.15, 0.2) is 24.3 Å². The number of carboxylic acids is 1. The molecule has 0 amide bonds. The van der Waals surface area contributed by atoms with E-state index in [-0.39, 0.29) is 22.3 Å². The lowest BCUT2D eigenvalue weighted by Crippen LogP contribution is -1.98. The Morgan fingerprint density at radius 1 is 1.53 bits per heavy atom. The van der Waals surface area contributed by atoms with Gasteiger partial charge >= 0.3 is 5.97 Å². The van der Waals surface area contributed by atoms with E-state index in [0.29, 0.717) is 5.56 Å². The monoisotopic (exact) mass is 300 g/mol. The first-order valence-electron chi connectivity index (χ1n) is 5.38. The summed E-state index contributed by atoms with van der Waals surface area (Å²) in [5.41, 5.74) is 0.710. The number of rotatable bonds is 4. The van der Waals surface area contributed by atoms with Crippen molar-refractivity contribution in [2.75, 3.05) is 0 Å². The number of aryl methyl sites for hydroxylation is 1. The first kappa shape index (κ1) is 13.8. The normalized spacial score (nSPS) is 10.5. The molecule has 0 aliphatic carbocycles. The van der Waals surface area contributed by atoms with Crippen molar-refractivity contribution in [1.82, 2.24) is 0 Å². The van der Waals surface area contributed by atoms with E-state index in [2.05, 4.69) is 0 Å². The summed E-state index contributed by atoms with van der Waals surface area (Å²) < 4.78 is 18.8. The third-order valence-electron chi connectivity index (χ3n) is 2.52. The molecule has 0 spiro atoms. The van der Waals surface area contributed by atoms with Crippen LogP contribution in [0.25, 0.3) is 0 Å². The minimum absolute atomic E-state index is 0.0216. The van der Waals surface area contributed by atoms with Crippen molar-refractivity contribution in [2.24, 2.45) is 0 Å². The van der Waals surface area contributed by atoms with Gasteiger partial charge in [0, 0.05) is 10.4 Å². The van der Waals surface area contributed by atoms with E-state index in [9.17, 15) is 9.18 Å². The van der Waals surface area contributed by atoms with Crippen LogP contribution in [-0.4, -0.2) is 11.1 Å². The fourth-order valence-corrected chi connectivity index (χ4v) is 2.62. The smallest absolute Gasteiger partial charge is 0.345 e. The summed E-state index contributed by atoms with van der Waals surface area (Å²) in [7, 11) is 0. The van der Waals surface area contributed by atoms with Crippen molar-refractivity contribution < 1.29 is 19.0 Å². The molecular weight excluding hydrogens is 291 g/mol. The number of ether oxygens (including phenoxy) is 1. The fourth-order valence-electron chi connectivity index (χ4n) is 1.54. The molecule has 1 aromatic heterocycles. The Bertz CT molecular complexity index is 604. The predicted octanol–water partition coefficient (Wildman–Crippen LogP) is 4.13. The number of halogens is 2. The Morgan fingerprint density at radius 2 is 2.26 bits per heavy atom. The average molecular weight is 301 g/mol. The molecule has 1 heterocycles. The van der Waals surface area contributed by atoms with Gasteiger partial charge in [0.1, 0.15) is 11.5 Å². The number of aromatic carboxylic acids is 1. The van der Waals surface area contributed by atoms with Gasteiger partial charge in [0.15, 0.2) is 11.6 Å². The van der Waals surface area contributed by atoms with Gasteiger partial charge in [-0.15, -0.1) is 11.3 Å². The lowest BCUT2D eigenvalue weighted by molar-refractivity contribution is 0.0702. The molecule has 0 bridgehead atoms. The highest BCUT2D eigenvalue weighted by Gasteiger charge is 2.13. The zero-order chi connectivity index (χ0) is 14.0. The maximum absolute atomic E-state index is 13.5. The fraction of sp³-hybridized carbons (Fsp3) is 0.154. The average Bonchev–Trinajstić information content (AvgIpc) is 2.70. The van der Waals surface area contributed by atoms with Crippen molar-refractivity contribution in [3.8, 4) is 5.75 Å². The summed E-state index contributed by atoms with van der Waals surface area (Å²) in [6.07, 6.45) is 0. The quantitative estimate of drug-likeness (QED) is 0.923. The van der Waals surface area contributed by atoms with Crippen LogP contribution in [0.4, 0.5) is 4.39 Å². The second kappa shape index (κ2) is 5.59. The van der Waals surface area contributed by atoms with Crippen LogP contribution in [0.3, 0.4) is 0 Å². The number of benzene rings is 1. The summed E-state index contributed by atoms with van der Waals surface area (Å²) in [6, 6.07) is 5.80. The lowest BCUT2D eigenvalue weighted by Gasteiger charge is -2.08. The minimum Gasteiger partial charge on any atom is -0.484 e. The van der Waals surface area contributed by atoms with Crippen LogP contribution in [0.1, 0.15) is 20.1 Å². The molecule has 0 aliphatic heterocycles. The van der Waals surface area contributed by atoms with E-state index in [0.717, 1.165) is 16.2 Å². The molecule has 19 heavy (non-hydrogen) atoms. The number of thiophene rings is 1. The van der Waals surface area contributed by atoms with E-state index >= 15 is 0 Å². The minimum atomic E-state index is -0.983. The van der Waals surface area contributed by atoms with Gasteiger partial charge in [0.25, 0.3) is 0 Å². The van der Waals surface area contributed by atoms with E-state index in [1.165, 1.54) is 24.3 Å². The van der Waals surface area contributed by atoms with Crippen LogP contribution in [0.2, 0.25) is 5.02 Å². The van der Waals surface area contributed by atoms with Gasteiger partial charge in [-0.3, -0.25) is 0 Å². The molecule has 6 heteroatoms. The Labute approximate surface area is 118 Å². The van der Waals surface area contributed by atoms with Gasteiger partial charge in [-0.1, -0.05) is 17.7 Å². The predicted molar refractivity (Wildman–Crippen MR) is 71.8 cm³/mol. The summed E-state index contributed by atoms with van der Waals surface area (Å²) in [4.78, 5) is 11.9. The zero-order valence-electron chi connectivity index (χ0n) is 9.94. The number of carbonyl (C=O) groups is 1. The van der Waals surface area contributed by atoms with Gasteiger partial charge in [0.2, 0.25) is 0 Å². The third-order valence-corrected chi connectivity index (χ3v) is 3.90. The highest BCUT2D eigenvalue weighted by Crippen LogP contribution is 2.29. The van der Waals surface area contributed by atoms with E-state index in [4.69, 9.17) is 21.4 Å². The summed E-state index contributed by atoms with van der Waals surface area (Å²) >= 11 is 6.99. The molecule has 1 aromatic carbocycles. The molecular formula is C13H10ClFO3S. The van der Waals surface area contributed by atoms with Crippen LogP contribution in [0, 0.1) is 12.7 Å². The number of hydrogen-bond donors (Lipinski definition) is 1. The zero-order valence-corrected chi connectivity index (χ0v) is 11.5. The highest BCUT2D eigenvalue weighted by molar-refractivity contribution is 7.14. The maximum atomic E-state index is 13.5. The maximum Gasteiger partial charge on any atom is 0.345 e. The number of para-hydroxylation sites is 1. The molecule has 0 unspecified atom stereocenters. The largest absolute Gasteiger partial charge is 0.484 e. The lowest BCUT2D eigenvalue weighted by atomic mass is 10.2. The molecule has 0 radical (unpaired) electrons. The van der Waals surface area contributed by atoms with E-state index in [1.54, 1.807) is 6.92 Å². The Morgan fingerprint density at radius 3 is 2.84 bits per heavy atom. The summed E-state index contributed by atoms with van der Waals surface area (Å²) in [6.45, 7) is 1.87. The Kier molecular flexibility index (Phi) is 4.07. The van der Waals surface area contributed by atoms with Gasteiger partial charge in [-0.05, 0) is 25.1 Å². The van der Waals surface area contributed by atoms with Crippen LogP contribution in [-0.2, 0) is 6.61 Å². The highest BCUT2D eigenvalue weighted by atomic mass is 35.5. The van der Waals surface area contributed by atoms with Gasteiger partial charge in [-0.2, -0.15) is 0 Å². The van der Waals surface area contributed by atoms with Crippen molar-refractivity contribution >= 4 is 28.9 Å². The molecule has 0 saturated carbocycles. The SMILES string of the molecule is Cc1sc(C(=O)O)cc1COc1c(F)cccc1Cl. The van der Waals surface area contributed by atoms with E-state index in [1.807, 2.05) is 0 Å². The molecule has 2 aromatic rings. The second-order valence-electron chi connectivity index (χ2n) is 3.84. The molecule has 0 fully saturated rings. The van der Waals surface area contributed by atoms with Crippen molar-refractivity contribution in [3.05, 3.63) is 50.4 Å². The first-order valence-corrected chi connectivity index (χ1v) is 6.58. The molecule has 0 saturated heterocycles.